The Labute approximate surface area is 161 Å². The number of nitrogens with zero attached hydrogens (tertiary/aromatic N) is 2. The van der Waals surface area contributed by atoms with Crippen LogP contribution in [0, 0.1) is 0 Å². The predicted molar refractivity (Wildman–Crippen MR) is 111 cm³/mol. The lowest BCUT2D eigenvalue weighted by Gasteiger charge is -2.26. The lowest BCUT2D eigenvalue weighted by Crippen LogP contribution is -2.46. The third kappa shape index (κ3) is 7.97. The van der Waals surface area contributed by atoms with Crippen LogP contribution in [0.2, 0.25) is 0 Å². The molecule has 146 valence electrons. The number of sulfone groups is 1. The zero-order valence-electron chi connectivity index (χ0n) is 15.6. The van der Waals surface area contributed by atoms with Crippen LogP contribution in [-0.4, -0.2) is 75.3 Å². The van der Waals surface area contributed by atoms with E-state index < -0.39 is 9.84 Å². The Kier molecular flexibility index (Phi) is 8.74. The van der Waals surface area contributed by atoms with E-state index in [1.165, 1.54) is 4.90 Å². The molecule has 1 saturated heterocycles. The third-order valence-electron chi connectivity index (χ3n) is 4.09. The molecular weight excluding hydrogens is 368 g/mol. The van der Waals surface area contributed by atoms with Crippen LogP contribution in [0.1, 0.15) is 13.8 Å². The summed E-state index contributed by atoms with van der Waals surface area (Å²) in [5, 5.41) is 7.00. The van der Waals surface area contributed by atoms with Gasteiger partial charge in [-0.05, 0) is 19.1 Å². The summed E-state index contributed by atoms with van der Waals surface area (Å²) in [4.78, 5) is 8.12. The number of guanidine groups is 1. The van der Waals surface area contributed by atoms with Gasteiger partial charge in [-0.25, -0.2) is 8.42 Å². The Morgan fingerprint density at radius 2 is 1.92 bits per heavy atom. The Morgan fingerprint density at radius 3 is 2.58 bits per heavy atom. The van der Waals surface area contributed by atoms with Gasteiger partial charge < -0.3 is 10.6 Å². The van der Waals surface area contributed by atoms with Crippen molar-refractivity contribution in [1.29, 1.82) is 0 Å². The number of aliphatic imine (C=N–C) groups is 1. The fourth-order valence-electron chi connectivity index (χ4n) is 2.64. The Morgan fingerprint density at radius 1 is 1.23 bits per heavy atom. The third-order valence-corrected chi connectivity index (χ3v) is 6.79. The zero-order chi connectivity index (χ0) is 18.8. The molecule has 1 aromatic carbocycles. The summed E-state index contributed by atoms with van der Waals surface area (Å²) in [5.41, 5.74) is 0. The molecule has 1 atom stereocenters. The zero-order valence-corrected chi connectivity index (χ0v) is 17.3. The normalized spacial score (nSPS) is 19.1. The van der Waals surface area contributed by atoms with Crippen LogP contribution >= 0.6 is 11.8 Å². The highest BCUT2D eigenvalue weighted by Crippen LogP contribution is 2.22. The van der Waals surface area contributed by atoms with Crippen LogP contribution in [0.4, 0.5) is 0 Å². The maximum absolute atomic E-state index is 11.5. The van der Waals surface area contributed by atoms with Gasteiger partial charge >= 0.3 is 0 Å². The molecule has 2 rings (SSSR count). The van der Waals surface area contributed by atoms with Crippen LogP contribution in [0.5, 0.6) is 0 Å². The summed E-state index contributed by atoms with van der Waals surface area (Å²) in [6.45, 7) is 8.61. The van der Waals surface area contributed by atoms with Crippen molar-refractivity contribution in [3.05, 3.63) is 30.3 Å². The van der Waals surface area contributed by atoms with E-state index in [0.717, 1.165) is 32.1 Å². The second-order valence-electron chi connectivity index (χ2n) is 6.38. The van der Waals surface area contributed by atoms with Crippen molar-refractivity contribution < 1.29 is 8.42 Å². The fourth-order valence-corrected chi connectivity index (χ4v) is 4.84. The number of hydrogen-bond donors (Lipinski definition) is 2. The molecule has 1 heterocycles. The second-order valence-corrected chi connectivity index (χ2v) is 10.2. The molecule has 1 aromatic rings. The van der Waals surface area contributed by atoms with Crippen LogP contribution in [0.15, 0.2) is 40.2 Å². The van der Waals surface area contributed by atoms with Gasteiger partial charge in [0.15, 0.2) is 15.8 Å². The van der Waals surface area contributed by atoms with Crippen LogP contribution < -0.4 is 10.6 Å². The molecule has 8 heteroatoms. The van der Waals surface area contributed by atoms with Crippen LogP contribution in [-0.2, 0) is 9.84 Å². The first kappa shape index (κ1) is 21.1. The summed E-state index contributed by atoms with van der Waals surface area (Å²) in [5.74, 6) is 1.36. The Balaban J connectivity index is 1.73. The van der Waals surface area contributed by atoms with Gasteiger partial charge in [0, 0.05) is 42.9 Å². The smallest absolute Gasteiger partial charge is 0.191 e. The molecule has 26 heavy (non-hydrogen) atoms. The number of benzene rings is 1. The molecule has 1 fully saturated rings. The Bertz CT molecular complexity index is 651. The molecule has 0 aliphatic carbocycles. The van der Waals surface area contributed by atoms with Gasteiger partial charge in [-0.3, -0.25) is 9.89 Å². The van der Waals surface area contributed by atoms with Crippen LogP contribution in [0.3, 0.4) is 0 Å². The SMILES string of the molecule is CCNC(=NCC(C)Sc1ccccc1)NCCN1CCS(=O)(=O)CC1. The van der Waals surface area contributed by atoms with Crippen molar-refractivity contribution >= 4 is 27.6 Å². The van der Waals surface area contributed by atoms with Gasteiger partial charge in [0.1, 0.15) is 0 Å². The molecule has 1 aliphatic rings. The molecule has 0 spiro atoms. The minimum absolute atomic E-state index is 0.273. The van der Waals surface area contributed by atoms with Gasteiger partial charge in [-0.2, -0.15) is 0 Å². The second kappa shape index (κ2) is 10.8. The summed E-state index contributed by atoms with van der Waals surface area (Å²) < 4.78 is 22.9. The van der Waals surface area contributed by atoms with Crippen molar-refractivity contribution in [2.75, 3.05) is 50.8 Å². The number of hydrogen-bond acceptors (Lipinski definition) is 5. The molecule has 1 unspecified atom stereocenters. The van der Waals surface area contributed by atoms with Gasteiger partial charge in [0.05, 0.1) is 18.1 Å². The van der Waals surface area contributed by atoms with Crippen molar-refractivity contribution in [1.82, 2.24) is 15.5 Å². The first-order valence-corrected chi connectivity index (χ1v) is 11.9. The van der Waals surface area contributed by atoms with E-state index in [1.807, 2.05) is 17.8 Å². The number of rotatable bonds is 8. The van der Waals surface area contributed by atoms with Gasteiger partial charge in [-0.15, -0.1) is 11.8 Å². The lowest BCUT2D eigenvalue weighted by molar-refractivity contribution is 0.299. The van der Waals surface area contributed by atoms with Crippen molar-refractivity contribution in [3.63, 3.8) is 0 Å². The average Bonchev–Trinajstić information content (AvgIpc) is 2.62. The summed E-state index contributed by atoms with van der Waals surface area (Å²) in [7, 11) is -2.81. The standard InChI is InChI=1S/C18H30N4O2S2/c1-3-19-18(20-9-10-22-11-13-26(23,24)14-12-22)21-15-16(2)25-17-7-5-4-6-8-17/h4-8,16H,3,9-15H2,1-2H3,(H2,19,20,21). The Hall–Kier alpha value is -1.25. The highest BCUT2D eigenvalue weighted by atomic mass is 32.2. The highest BCUT2D eigenvalue weighted by molar-refractivity contribution is 8.00. The number of thioether (sulfide) groups is 1. The molecule has 1 aliphatic heterocycles. The van der Waals surface area contributed by atoms with Crippen LogP contribution in [0.25, 0.3) is 0 Å². The average molecular weight is 399 g/mol. The molecule has 2 N–H and O–H groups in total. The molecule has 6 nitrogen and oxygen atoms in total. The lowest BCUT2D eigenvalue weighted by atomic mass is 10.4. The summed E-state index contributed by atoms with van der Waals surface area (Å²) in [6, 6.07) is 10.4. The maximum atomic E-state index is 11.5. The molecule has 0 saturated carbocycles. The largest absolute Gasteiger partial charge is 0.357 e. The molecule has 0 aromatic heterocycles. The highest BCUT2D eigenvalue weighted by Gasteiger charge is 2.20. The first-order valence-electron chi connectivity index (χ1n) is 9.15. The predicted octanol–water partition coefficient (Wildman–Crippen LogP) is 1.45. The summed E-state index contributed by atoms with van der Waals surface area (Å²) in [6.07, 6.45) is 0. The molecule has 0 radical (unpaired) electrons. The van der Waals surface area contributed by atoms with Gasteiger partial charge in [0.25, 0.3) is 0 Å². The first-order chi connectivity index (χ1) is 12.5. The fraction of sp³-hybridized carbons (Fsp3) is 0.611. The van der Waals surface area contributed by atoms with E-state index >= 15 is 0 Å². The van der Waals surface area contributed by atoms with E-state index in [0.29, 0.717) is 18.3 Å². The quantitative estimate of drug-likeness (QED) is 0.392. The molecule has 0 bridgehead atoms. The molecular formula is C18H30N4O2S2. The van der Waals surface area contributed by atoms with E-state index in [4.69, 9.17) is 0 Å². The monoisotopic (exact) mass is 398 g/mol. The minimum atomic E-state index is -2.81. The van der Waals surface area contributed by atoms with E-state index in [9.17, 15) is 8.42 Å². The topological polar surface area (TPSA) is 73.8 Å². The van der Waals surface area contributed by atoms with Crippen molar-refractivity contribution in [3.8, 4) is 0 Å². The summed E-state index contributed by atoms with van der Waals surface area (Å²) >= 11 is 1.82. The number of nitrogens with one attached hydrogen (secondary N) is 2. The van der Waals surface area contributed by atoms with E-state index in [-0.39, 0.29) is 11.5 Å². The molecule has 0 amide bonds. The van der Waals surface area contributed by atoms with Crippen molar-refractivity contribution in [2.24, 2.45) is 4.99 Å². The van der Waals surface area contributed by atoms with Gasteiger partial charge in [-0.1, -0.05) is 25.1 Å². The van der Waals surface area contributed by atoms with E-state index in [2.05, 4.69) is 58.6 Å². The minimum Gasteiger partial charge on any atom is -0.357 e. The van der Waals surface area contributed by atoms with Gasteiger partial charge in [0.2, 0.25) is 0 Å². The maximum Gasteiger partial charge on any atom is 0.191 e. The van der Waals surface area contributed by atoms with Crippen molar-refractivity contribution in [2.45, 2.75) is 24.0 Å². The van der Waals surface area contributed by atoms with E-state index in [1.54, 1.807) is 0 Å².